The first-order valence-electron chi connectivity index (χ1n) is 8.72. The monoisotopic (exact) mass is 321 g/mol. The highest BCUT2D eigenvalue weighted by Gasteiger charge is 2.34. The van der Waals surface area contributed by atoms with Crippen molar-refractivity contribution in [3.63, 3.8) is 0 Å². The summed E-state index contributed by atoms with van der Waals surface area (Å²) in [6.07, 6.45) is 8.76. The maximum atomic E-state index is 13.0. The Balaban J connectivity index is 1.65. The van der Waals surface area contributed by atoms with Crippen LogP contribution in [0.15, 0.2) is 11.6 Å². The van der Waals surface area contributed by atoms with Crippen LogP contribution in [0.3, 0.4) is 0 Å². The van der Waals surface area contributed by atoms with Gasteiger partial charge in [0.25, 0.3) is 0 Å². The quantitative estimate of drug-likeness (QED) is 0.855. The molecule has 3 heterocycles. The van der Waals surface area contributed by atoms with Gasteiger partial charge in [-0.1, -0.05) is 13.3 Å². The second-order valence-corrected chi connectivity index (χ2v) is 7.47. The van der Waals surface area contributed by atoms with Gasteiger partial charge in [0.1, 0.15) is 0 Å². The Bertz CT molecular complexity index is 474. The standard InChI is InChI=1S/C17H27N3OS/c1-2-9-19-10-4-3-7-15(19)17(21)20-11-5-6-14(13-20)16-18-8-12-22-16/h8,12,14-15H,2-7,9-11,13H2,1H3/t14-,15-/m0/s1. The van der Waals surface area contributed by atoms with Crippen molar-refractivity contribution in [2.45, 2.75) is 57.4 Å². The Morgan fingerprint density at radius 3 is 3.00 bits per heavy atom. The fourth-order valence-electron chi connectivity index (χ4n) is 3.85. The Labute approximate surface area is 137 Å². The molecule has 2 atom stereocenters. The number of nitrogens with zero attached hydrogens (tertiary/aromatic N) is 3. The van der Waals surface area contributed by atoms with Crippen molar-refractivity contribution >= 4 is 17.2 Å². The van der Waals surface area contributed by atoms with E-state index in [1.54, 1.807) is 11.3 Å². The Kier molecular flexibility index (Phi) is 5.47. The summed E-state index contributed by atoms with van der Waals surface area (Å²) in [5.74, 6) is 0.815. The molecule has 1 aromatic rings. The van der Waals surface area contributed by atoms with Crippen LogP contribution in [-0.2, 0) is 4.79 Å². The summed E-state index contributed by atoms with van der Waals surface area (Å²) in [6, 6.07) is 0.128. The Hall–Kier alpha value is -0.940. The average Bonchev–Trinajstić information content (AvgIpc) is 3.10. The first-order valence-corrected chi connectivity index (χ1v) is 9.59. The molecule has 0 spiro atoms. The SMILES string of the molecule is CCCN1CCCC[C@H]1C(=O)N1CCC[C@H](c2nccs2)C1. The highest BCUT2D eigenvalue weighted by molar-refractivity contribution is 7.09. The number of rotatable bonds is 4. The molecule has 0 N–H and O–H groups in total. The number of aromatic nitrogens is 1. The third-order valence-electron chi connectivity index (χ3n) is 4.94. The second-order valence-electron chi connectivity index (χ2n) is 6.54. The van der Waals surface area contributed by atoms with E-state index in [4.69, 9.17) is 0 Å². The molecule has 2 fully saturated rings. The Morgan fingerprint density at radius 1 is 1.32 bits per heavy atom. The van der Waals surface area contributed by atoms with E-state index in [1.807, 2.05) is 11.6 Å². The van der Waals surface area contributed by atoms with Gasteiger partial charge in [-0.15, -0.1) is 11.3 Å². The molecule has 0 radical (unpaired) electrons. The third-order valence-corrected chi connectivity index (χ3v) is 5.88. The van der Waals surface area contributed by atoms with Crippen LogP contribution < -0.4 is 0 Å². The minimum absolute atomic E-state index is 0.128. The van der Waals surface area contributed by atoms with E-state index in [9.17, 15) is 4.79 Å². The summed E-state index contributed by atoms with van der Waals surface area (Å²) in [5, 5.41) is 3.24. The molecule has 5 heteroatoms. The molecule has 22 heavy (non-hydrogen) atoms. The van der Waals surface area contributed by atoms with Crippen LogP contribution >= 0.6 is 11.3 Å². The van der Waals surface area contributed by atoms with Crippen LogP contribution in [0.2, 0.25) is 0 Å². The van der Waals surface area contributed by atoms with E-state index in [-0.39, 0.29) is 6.04 Å². The lowest BCUT2D eigenvalue weighted by molar-refractivity contribution is -0.139. The summed E-state index contributed by atoms with van der Waals surface area (Å²) in [7, 11) is 0. The van der Waals surface area contributed by atoms with E-state index in [1.165, 1.54) is 24.3 Å². The number of piperidine rings is 2. The average molecular weight is 321 g/mol. The van der Waals surface area contributed by atoms with Crippen LogP contribution in [0.1, 0.15) is 56.4 Å². The van der Waals surface area contributed by atoms with Crippen LogP contribution in [0, 0.1) is 0 Å². The van der Waals surface area contributed by atoms with Crippen molar-refractivity contribution in [1.82, 2.24) is 14.8 Å². The maximum absolute atomic E-state index is 13.0. The lowest BCUT2D eigenvalue weighted by atomic mass is 9.95. The molecule has 3 rings (SSSR count). The number of carbonyl (C=O) groups excluding carboxylic acids is 1. The van der Waals surface area contributed by atoms with Crippen molar-refractivity contribution in [3.05, 3.63) is 16.6 Å². The number of hydrogen-bond acceptors (Lipinski definition) is 4. The largest absolute Gasteiger partial charge is 0.341 e. The van der Waals surface area contributed by atoms with Crippen LogP contribution in [0.5, 0.6) is 0 Å². The lowest BCUT2D eigenvalue weighted by Gasteiger charge is -2.40. The summed E-state index contributed by atoms with van der Waals surface area (Å²) >= 11 is 1.73. The van der Waals surface area contributed by atoms with Gasteiger partial charge in [0.2, 0.25) is 5.91 Å². The second kappa shape index (κ2) is 7.55. The van der Waals surface area contributed by atoms with Gasteiger partial charge in [-0.05, 0) is 45.2 Å². The molecular formula is C17H27N3OS. The minimum atomic E-state index is 0.128. The molecule has 2 aliphatic heterocycles. The van der Waals surface area contributed by atoms with E-state index in [0.29, 0.717) is 11.8 Å². The normalized spacial score (nSPS) is 27.0. The third kappa shape index (κ3) is 3.51. The van der Waals surface area contributed by atoms with Gasteiger partial charge in [0.05, 0.1) is 11.0 Å². The number of hydrogen-bond donors (Lipinski definition) is 0. The van der Waals surface area contributed by atoms with Crippen molar-refractivity contribution in [1.29, 1.82) is 0 Å². The molecule has 1 aromatic heterocycles. The van der Waals surface area contributed by atoms with Gasteiger partial charge in [0, 0.05) is 30.6 Å². The molecular weight excluding hydrogens is 294 g/mol. The number of amides is 1. The van der Waals surface area contributed by atoms with Crippen LogP contribution in [-0.4, -0.2) is 52.9 Å². The van der Waals surface area contributed by atoms with E-state index in [2.05, 4.69) is 21.7 Å². The lowest BCUT2D eigenvalue weighted by Crippen LogP contribution is -2.53. The summed E-state index contributed by atoms with van der Waals surface area (Å²) < 4.78 is 0. The highest BCUT2D eigenvalue weighted by atomic mass is 32.1. The van der Waals surface area contributed by atoms with E-state index < -0.39 is 0 Å². The predicted molar refractivity (Wildman–Crippen MR) is 90.2 cm³/mol. The molecule has 2 saturated heterocycles. The molecule has 4 nitrogen and oxygen atoms in total. The molecule has 1 amide bonds. The highest BCUT2D eigenvalue weighted by Crippen LogP contribution is 2.29. The van der Waals surface area contributed by atoms with Crippen molar-refractivity contribution in [2.24, 2.45) is 0 Å². The van der Waals surface area contributed by atoms with Gasteiger partial charge >= 0.3 is 0 Å². The van der Waals surface area contributed by atoms with Gasteiger partial charge in [-0.3, -0.25) is 9.69 Å². The predicted octanol–water partition coefficient (Wildman–Crippen LogP) is 3.11. The first kappa shape index (κ1) is 15.9. The molecule has 122 valence electrons. The van der Waals surface area contributed by atoms with Gasteiger partial charge in [-0.25, -0.2) is 4.98 Å². The topological polar surface area (TPSA) is 36.4 Å². The molecule has 0 bridgehead atoms. The number of carbonyl (C=O) groups is 1. The summed E-state index contributed by atoms with van der Waals surface area (Å²) in [6.45, 7) is 6.14. The first-order chi connectivity index (χ1) is 10.8. The van der Waals surface area contributed by atoms with Crippen molar-refractivity contribution in [2.75, 3.05) is 26.2 Å². The smallest absolute Gasteiger partial charge is 0.239 e. The van der Waals surface area contributed by atoms with Crippen molar-refractivity contribution < 1.29 is 4.79 Å². The van der Waals surface area contributed by atoms with E-state index >= 15 is 0 Å². The molecule has 0 aromatic carbocycles. The molecule has 2 aliphatic rings. The van der Waals surface area contributed by atoms with Crippen LogP contribution in [0.25, 0.3) is 0 Å². The van der Waals surface area contributed by atoms with Gasteiger partial charge in [0.15, 0.2) is 0 Å². The fourth-order valence-corrected chi connectivity index (χ4v) is 4.62. The number of likely N-dealkylation sites (tertiary alicyclic amines) is 2. The zero-order valence-corrected chi connectivity index (χ0v) is 14.4. The molecule has 0 saturated carbocycles. The molecule has 0 unspecified atom stereocenters. The molecule has 0 aliphatic carbocycles. The number of thiazole rings is 1. The zero-order chi connectivity index (χ0) is 15.4. The minimum Gasteiger partial charge on any atom is -0.341 e. The summed E-state index contributed by atoms with van der Waals surface area (Å²) in [4.78, 5) is 22.0. The maximum Gasteiger partial charge on any atom is 0.239 e. The van der Waals surface area contributed by atoms with E-state index in [0.717, 1.165) is 45.4 Å². The zero-order valence-electron chi connectivity index (χ0n) is 13.5. The van der Waals surface area contributed by atoms with Gasteiger partial charge < -0.3 is 4.90 Å². The van der Waals surface area contributed by atoms with Gasteiger partial charge in [-0.2, -0.15) is 0 Å². The Morgan fingerprint density at radius 2 is 2.23 bits per heavy atom. The summed E-state index contributed by atoms with van der Waals surface area (Å²) in [5.41, 5.74) is 0. The van der Waals surface area contributed by atoms with Crippen LogP contribution in [0.4, 0.5) is 0 Å². The van der Waals surface area contributed by atoms with Crippen molar-refractivity contribution in [3.8, 4) is 0 Å². The fraction of sp³-hybridized carbons (Fsp3) is 0.765.